The maximum Gasteiger partial charge on any atom is 0.142 e. The maximum absolute atomic E-state index is 5.84. The SMILES string of the molecule is Cc1cc(N2CCN(Cc3ncccn3)CC2)ccc1-c1cn(CC2CCCCO2)nn1. The van der Waals surface area contributed by atoms with Crippen molar-refractivity contribution in [1.82, 2.24) is 29.9 Å². The van der Waals surface area contributed by atoms with Crippen molar-refractivity contribution >= 4 is 5.69 Å². The molecule has 2 fully saturated rings. The van der Waals surface area contributed by atoms with Crippen LogP contribution >= 0.6 is 0 Å². The van der Waals surface area contributed by atoms with Crippen LogP contribution in [-0.2, 0) is 17.8 Å². The predicted octanol–water partition coefficient (Wildman–Crippen LogP) is 2.93. The van der Waals surface area contributed by atoms with Crippen molar-refractivity contribution in [2.75, 3.05) is 37.7 Å². The van der Waals surface area contributed by atoms with Crippen LogP contribution < -0.4 is 4.90 Å². The van der Waals surface area contributed by atoms with E-state index in [-0.39, 0.29) is 6.10 Å². The van der Waals surface area contributed by atoms with E-state index in [1.54, 1.807) is 0 Å². The topological polar surface area (TPSA) is 72.2 Å². The van der Waals surface area contributed by atoms with Gasteiger partial charge in [-0.1, -0.05) is 11.3 Å². The highest BCUT2D eigenvalue weighted by Crippen LogP contribution is 2.27. The minimum absolute atomic E-state index is 0.258. The summed E-state index contributed by atoms with van der Waals surface area (Å²) in [6, 6.07) is 8.52. The second kappa shape index (κ2) is 9.75. The van der Waals surface area contributed by atoms with Crippen LogP contribution in [0.2, 0.25) is 0 Å². The van der Waals surface area contributed by atoms with Crippen LogP contribution in [0.3, 0.4) is 0 Å². The van der Waals surface area contributed by atoms with Gasteiger partial charge < -0.3 is 9.64 Å². The zero-order valence-corrected chi connectivity index (χ0v) is 18.7. The van der Waals surface area contributed by atoms with E-state index in [0.717, 1.165) is 69.4 Å². The number of rotatable bonds is 6. The molecule has 0 spiro atoms. The third-order valence-electron chi connectivity index (χ3n) is 6.41. The highest BCUT2D eigenvalue weighted by molar-refractivity contribution is 5.67. The third-order valence-corrected chi connectivity index (χ3v) is 6.41. The third kappa shape index (κ3) is 4.97. The first-order valence-electron chi connectivity index (χ1n) is 11.6. The average molecular weight is 434 g/mol. The van der Waals surface area contributed by atoms with Crippen LogP contribution in [0.15, 0.2) is 42.9 Å². The summed E-state index contributed by atoms with van der Waals surface area (Å²) in [7, 11) is 0. The molecular weight excluding hydrogens is 402 g/mol. The molecule has 168 valence electrons. The van der Waals surface area contributed by atoms with Crippen molar-refractivity contribution in [1.29, 1.82) is 0 Å². The molecule has 0 aliphatic carbocycles. The lowest BCUT2D eigenvalue weighted by atomic mass is 10.0. The Morgan fingerprint density at radius 1 is 1.06 bits per heavy atom. The number of nitrogens with zero attached hydrogens (tertiary/aromatic N) is 7. The molecule has 0 amide bonds. The van der Waals surface area contributed by atoms with E-state index in [2.05, 4.69) is 55.2 Å². The number of ether oxygens (including phenoxy) is 1. The van der Waals surface area contributed by atoms with E-state index in [1.165, 1.54) is 24.1 Å². The molecule has 1 aromatic carbocycles. The molecule has 4 heterocycles. The summed E-state index contributed by atoms with van der Waals surface area (Å²) in [5.41, 5.74) is 4.57. The minimum Gasteiger partial charge on any atom is -0.376 e. The molecule has 1 atom stereocenters. The lowest BCUT2D eigenvalue weighted by Gasteiger charge is -2.36. The molecule has 0 radical (unpaired) electrons. The number of hydrogen-bond donors (Lipinski definition) is 0. The standard InChI is InChI=1S/C24H31N7O/c1-19-15-20(30-12-10-29(11-13-30)18-24-25-8-4-9-26-24)6-7-22(19)23-17-31(28-27-23)16-21-5-2-3-14-32-21/h4,6-9,15,17,21H,2-3,5,10-14,16,18H2,1H3. The Hall–Kier alpha value is -2.84. The van der Waals surface area contributed by atoms with Crippen molar-refractivity contribution in [2.24, 2.45) is 0 Å². The molecule has 5 rings (SSSR count). The van der Waals surface area contributed by atoms with Crippen molar-refractivity contribution in [3.8, 4) is 11.3 Å². The first kappa shape index (κ1) is 21.0. The Morgan fingerprint density at radius 3 is 2.66 bits per heavy atom. The Morgan fingerprint density at radius 2 is 1.91 bits per heavy atom. The summed E-state index contributed by atoms with van der Waals surface area (Å²) >= 11 is 0. The van der Waals surface area contributed by atoms with Crippen LogP contribution in [0.25, 0.3) is 11.3 Å². The Kier molecular flexibility index (Phi) is 6.41. The first-order valence-corrected chi connectivity index (χ1v) is 11.6. The first-order chi connectivity index (χ1) is 15.7. The number of aryl methyl sites for hydroxylation is 1. The highest BCUT2D eigenvalue weighted by Gasteiger charge is 2.20. The van der Waals surface area contributed by atoms with Gasteiger partial charge in [0.1, 0.15) is 11.5 Å². The molecule has 1 unspecified atom stereocenters. The largest absolute Gasteiger partial charge is 0.376 e. The Labute approximate surface area is 189 Å². The van der Waals surface area contributed by atoms with Gasteiger partial charge in [-0.3, -0.25) is 4.90 Å². The van der Waals surface area contributed by atoms with E-state index >= 15 is 0 Å². The summed E-state index contributed by atoms with van der Waals surface area (Å²) in [4.78, 5) is 13.6. The summed E-state index contributed by atoms with van der Waals surface area (Å²) in [6.45, 7) is 8.64. The van der Waals surface area contributed by atoms with Gasteiger partial charge in [0.2, 0.25) is 0 Å². The molecule has 2 saturated heterocycles. The van der Waals surface area contributed by atoms with Crippen LogP contribution in [0.4, 0.5) is 5.69 Å². The van der Waals surface area contributed by atoms with Gasteiger partial charge in [-0.25, -0.2) is 14.6 Å². The molecule has 8 nitrogen and oxygen atoms in total. The molecule has 2 aliphatic rings. The molecule has 0 saturated carbocycles. The fourth-order valence-corrected chi connectivity index (χ4v) is 4.58. The van der Waals surface area contributed by atoms with E-state index in [4.69, 9.17) is 4.74 Å². The van der Waals surface area contributed by atoms with Gasteiger partial charge in [-0.2, -0.15) is 0 Å². The Bertz CT molecular complexity index is 1010. The quantitative estimate of drug-likeness (QED) is 0.592. The predicted molar refractivity (Wildman–Crippen MR) is 123 cm³/mol. The smallest absolute Gasteiger partial charge is 0.142 e. The van der Waals surface area contributed by atoms with E-state index in [0.29, 0.717) is 0 Å². The van der Waals surface area contributed by atoms with E-state index in [1.807, 2.05) is 29.3 Å². The normalized spacial score (nSPS) is 19.9. The number of hydrogen-bond acceptors (Lipinski definition) is 7. The monoisotopic (exact) mass is 433 g/mol. The van der Waals surface area contributed by atoms with Gasteiger partial charge in [0.05, 0.1) is 25.4 Å². The second-order valence-electron chi connectivity index (χ2n) is 8.74. The van der Waals surface area contributed by atoms with Crippen molar-refractivity contribution in [2.45, 2.75) is 45.4 Å². The molecule has 0 bridgehead atoms. The summed E-state index contributed by atoms with van der Waals surface area (Å²) < 4.78 is 7.76. The molecule has 0 N–H and O–H groups in total. The van der Waals surface area contributed by atoms with Crippen LogP contribution in [0, 0.1) is 6.92 Å². The number of aromatic nitrogens is 5. The van der Waals surface area contributed by atoms with E-state index < -0.39 is 0 Å². The fourth-order valence-electron chi connectivity index (χ4n) is 4.58. The van der Waals surface area contributed by atoms with Gasteiger partial charge in [0.15, 0.2) is 0 Å². The van der Waals surface area contributed by atoms with Crippen LogP contribution in [0.1, 0.15) is 30.7 Å². The average Bonchev–Trinajstić information content (AvgIpc) is 3.29. The van der Waals surface area contributed by atoms with Gasteiger partial charge in [0.25, 0.3) is 0 Å². The number of benzene rings is 1. The van der Waals surface area contributed by atoms with Crippen molar-refractivity contribution in [3.63, 3.8) is 0 Å². The highest BCUT2D eigenvalue weighted by atomic mass is 16.5. The van der Waals surface area contributed by atoms with Gasteiger partial charge in [0, 0.05) is 56.4 Å². The molecule has 2 aromatic heterocycles. The zero-order valence-electron chi connectivity index (χ0n) is 18.7. The fraction of sp³-hybridized carbons (Fsp3) is 0.500. The van der Waals surface area contributed by atoms with Crippen LogP contribution in [0.5, 0.6) is 0 Å². The van der Waals surface area contributed by atoms with Gasteiger partial charge in [-0.15, -0.1) is 5.10 Å². The zero-order chi connectivity index (χ0) is 21.8. The number of piperazine rings is 1. The van der Waals surface area contributed by atoms with Gasteiger partial charge >= 0.3 is 0 Å². The molecule has 2 aliphatic heterocycles. The van der Waals surface area contributed by atoms with E-state index in [9.17, 15) is 0 Å². The second-order valence-corrected chi connectivity index (χ2v) is 8.74. The minimum atomic E-state index is 0.258. The number of anilines is 1. The van der Waals surface area contributed by atoms with Crippen molar-refractivity contribution < 1.29 is 4.74 Å². The molecule has 32 heavy (non-hydrogen) atoms. The lowest BCUT2D eigenvalue weighted by Crippen LogP contribution is -2.46. The molecule has 3 aromatic rings. The Balaban J connectivity index is 1.19. The maximum atomic E-state index is 5.84. The summed E-state index contributed by atoms with van der Waals surface area (Å²) in [5.74, 6) is 0.893. The summed E-state index contributed by atoms with van der Waals surface area (Å²) in [5, 5.41) is 8.77. The van der Waals surface area contributed by atoms with Crippen molar-refractivity contribution in [3.05, 3.63) is 54.2 Å². The van der Waals surface area contributed by atoms with Crippen LogP contribution in [-0.4, -0.2) is 68.8 Å². The van der Waals surface area contributed by atoms with Gasteiger partial charge in [-0.05, 0) is 49.9 Å². The summed E-state index contributed by atoms with van der Waals surface area (Å²) in [6.07, 6.45) is 9.44. The molecular formula is C24H31N7O. The lowest BCUT2D eigenvalue weighted by molar-refractivity contribution is 0.00370. The molecule has 8 heteroatoms.